The van der Waals surface area contributed by atoms with E-state index >= 15 is 0 Å². The van der Waals surface area contributed by atoms with Gasteiger partial charge in [-0.3, -0.25) is 4.90 Å². The van der Waals surface area contributed by atoms with Gasteiger partial charge in [-0.25, -0.2) is 4.68 Å². The van der Waals surface area contributed by atoms with Crippen molar-refractivity contribution in [1.29, 1.82) is 0 Å². The number of aliphatic hydroxyl groups excluding tert-OH is 1. The molecule has 190 valence electrons. The molecule has 0 aliphatic rings. The van der Waals surface area contributed by atoms with Gasteiger partial charge < -0.3 is 19.3 Å². The van der Waals surface area contributed by atoms with Gasteiger partial charge in [0.1, 0.15) is 5.75 Å². The van der Waals surface area contributed by atoms with Crippen LogP contribution in [-0.2, 0) is 22.4 Å². The van der Waals surface area contributed by atoms with Gasteiger partial charge in [-0.2, -0.15) is 5.10 Å². The molecule has 1 atom stereocenters. The average Bonchev–Trinajstić information content (AvgIpc) is 3.20. The fourth-order valence-corrected chi connectivity index (χ4v) is 3.84. The Kier molecular flexibility index (Phi) is 10.8. The van der Waals surface area contributed by atoms with Crippen LogP contribution in [0.3, 0.4) is 0 Å². The Morgan fingerprint density at radius 2 is 1.69 bits per heavy atom. The molecular weight excluding hydrogens is 442 g/mol. The molecule has 2 aromatic carbocycles. The van der Waals surface area contributed by atoms with Crippen molar-refractivity contribution in [2.75, 3.05) is 40.0 Å². The lowest BCUT2D eigenvalue weighted by molar-refractivity contribution is 0.00323. The molecule has 1 heterocycles. The van der Waals surface area contributed by atoms with E-state index in [1.165, 1.54) is 0 Å². The van der Waals surface area contributed by atoms with Crippen molar-refractivity contribution in [2.45, 2.75) is 39.8 Å². The van der Waals surface area contributed by atoms with Crippen molar-refractivity contribution in [3.63, 3.8) is 0 Å². The van der Waals surface area contributed by atoms with Crippen molar-refractivity contribution in [2.24, 2.45) is 5.92 Å². The Labute approximate surface area is 209 Å². The van der Waals surface area contributed by atoms with Crippen LogP contribution in [0.2, 0.25) is 0 Å². The number of aryl methyl sites for hydroxylation is 1. The maximum absolute atomic E-state index is 10.7. The van der Waals surface area contributed by atoms with Gasteiger partial charge in [0.2, 0.25) is 5.88 Å². The van der Waals surface area contributed by atoms with Crippen molar-refractivity contribution in [1.82, 2.24) is 14.7 Å². The molecule has 3 aromatic rings. The van der Waals surface area contributed by atoms with E-state index in [0.29, 0.717) is 51.3 Å². The standard InChI is InChI=1S/C28H39N3O4/c1-5-27-26(19-30(16-17-33-4)18-24(32)21-34-20-22(2)3)28(35-25-14-10-7-11-15-25)31(29-27)23-12-8-6-9-13-23/h6-15,22,24,32H,5,16-21H2,1-4H3. The fraction of sp³-hybridized carbons (Fsp3) is 0.464. The third-order valence-electron chi connectivity index (χ3n) is 5.54. The van der Waals surface area contributed by atoms with Gasteiger partial charge in [-0.1, -0.05) is 57.2 Å². The molecule has 0 fully saturated rings. The zero-order chi connectivity index (χ0) is 25.0. The van der Waals surface area contributed by atoms with Crippen molar-refractivity contribution >= 4 is 0 Å². The Morgan fingerprint density at radius 3 is 2.31 bits per heavy atom. The second kappa shape index (κ2) is 14.0. The summed E-state index contributed by atoms with van der Waals surface area (Å²) in [6.45, 7) is 9.50. The number of hydrogen-bond acceptors (Lipinski definition) is 6. The Balaban J connectivity index is 1.91. The molecular formula is C28H39N3O4. The normalized spacial score (nSPS) is 12.4. The third kappa shape index (κ3) is 8.18. The highest BCUT2D eigenvalue weighted by Crippen LogP contribution is 2.32. The number of para-hydroxylation sites is 2. The SMILES string of the molecule is CCc1nn(-c2ccccc2)c(Oc2ccccc2)c1CN(CCOC)CC(O)COCC(C)C. The molecule has 3 rings (SSSR count). The van der Waals surface area contributed by atoms with Crippen molar-refractivity contribution in [3.05, 3.63) is 71.9 Å². The van der Waals surface area contributed by atoms with E-state index in [-0.39, 0.29) is 0 Å². The second-order valence-corrected chi connectivity index (χ2v) is 9.06. The summed E-state index contributed by atoms with van der Waals surface area (Å²) < 4.78 is 19.3. The Bertz CT molecular complexity index is 992. The van der Waals surface area contributed by atoms with Crippen LogP contribution in [0.4, 0.5) is 0 Å². The molecule has 0 spiro atoms. The smallest absolute Gasteiger partial charge is 0.227 e. The highest BCUT2D eigenvalue weighted by molar-refractivity contribution is 5.43. The van der Waals surface area contributed by atoms with Gasteiger partial charge in [0, 0.05) is 33.4 Å². The number of nitrogens with zero attached hydrogens (tertiary/aromatic N) is 3. The predicted molar refractivity (Wildman–Crippen MR) is 138 cm³/mol. The van der Waals surface area contributed by atoms with Crippen LogP contribution in [0.5, 0.6) is 11.6 Å². The van der Waals surface area contributed by atoms with Crippen LogP contribution in [-0.4, -0.2) is 65.9 Å². The average molecular weight is 482 g/mol. The molecule has 1 aromatic heterocycles. The van der Waals surface area contributed by atoms with E-state index in [2.05, 4.69) is 25.7 Å². The first-order valence-electron chi connectivity index (χ1n) is 12.4. The van der Waals surface area contributed by atoms with Crippen LogP contribution >= 0.6 is 0 Å². The predicted octanol–water partition coefficient (Wildman–Crippen LogP) is 4.71. The number of hydrogen-bond donors (Lipinski definition) is 1. The molecule has 0 saturated heterocycles. The van der Waals surface area contributed by atoms with E-state index in [1.54, 1.807) is 7.11 Å². The Morgan fingerprint density at radius 1 is 1.00 bits per heavy atom. The van der Waals surface area contributed by atoms with E-state index in [1.807, 2.05) is 65.3 Å². The second-order valence-electron chi connectivity index (χ2n) is 9.06. The summed E-state index contributed by atoms with van der Waals surface area (Å²) in [4.78, 5) is 2.18. The summed E-state index contributed by atoms with van der Waals surface area (Å²) in [6, 6.07) is 19.8. The van der Waals surface area contributed by atoms with Crippen molar-refractivity contribution < 1.29 is 19.3 Å². The maximum atomic E-state index is 10.7. The first-order chi connectivity index (χ1) is 17.0. The molecule has 0 aliphatic heterocycles. The van der Waals surface area contributed by atoms with E-state index < -0.39 is 6.10 Å². The van der Waals surface area contributed by atoms with Gasteiger partial charge in [0.15, 0.2) is 0 Å². The quantitative estimate of drug-likeness (QED) is 0.339. The topological polar surface area (TPSA) is 69.0 Å². The number of benzene rings is 2. The molecule has 7 heteroatoms. The van der Waals surface area contributed by atoms with Crippen LogP contribution in [0.1, 0.15) is 32.0 Å². The molecule has 0 amide bonds. The number of aromatic nitrogens is 2. The van der Waals surface area contributed by atoms with Crippen molar-refractivity contribution in [3.8, 4) is 17.3 Å². The summed E-state index contributed by atoms with van der Waals surface area (Å²) in [5, 5.41) is 15.6. The molecule has 35 heavy (non-hydrogen) atoms. The lowest BCUT2D eigenvalue weighted by atomic mass is 10.1. The Hall–Kier alpha value is -2.71. The van der Waals surface area contributed by atoms with E-state index in [4.69, 9.17) is 19.3 Å². The molecule has 0 saturated carbocycles. The monoisotopic (exact) mass is 481 g/mol. The minimum atomic E-state index is -0.599. The number of aliphatic hydroxyl groups is 1. The maximum Gasteiger partial charge on any atom is 0.227 e. The van der Waals surface area contributed by atoms with Crippen LogP contribution in [0, 0.1) is 5.92 Å². The summed E-state index contributed by atoms with van der Waals surface area (Å²) in [7, 11) is 1.69. The van der Waals surface area contributed by atoms with Crippen LogP contribution in [0.15, 0.2) is 60.7 Å². The van der Waals surface area contributed by atoms with Gasteiger partial charge in [-0.05, 0) is 36.6 Å². The zero-order valence-electron chi connectivity index (χ0n) is 21.4. The number of ether oxygens (including phenoxy) is 3. The lowest BCUT2D eigenvalue weighted by Gasteiger charge is -2.25. The minimum Gasteiger partial charge on any atom is -0.439 e. The number of methoxy groups -OCH3 is 1. The summed E-state index contributed by atoms with van der Waals surface area (Å²) in [6.07, 6.45) is 0.164. The minimum absolute atomic E-state index is 0.305. The molecule has 7 nitrogen and oxygen atoms in total. The fourth-order valence-electron chi connectivity index (χ4n) is 3.84. The van der Waals surface area contributed by atoms with Gasteiger partial charge in [-0.15, -0.1) is 0 Å². The first kappa shape index (κ1) is 26.9. The summed E-state index contributed by atoms with van der Waals surface area (Å²) in [5.41, 5.74) is 2.91. The van der Waals surface area contributed by atoms with E-state index in [0.717, 1.165) is 29.1 Å². The highest BCUT2D eigenvalue weighted by atomic mass is 16.5. The molecule has 0 bridgehead atoms. The van der Waals surface area contributed by atoms with E-state index in [9.17, 15) is 5.11 Å². The van der Waals surface area contributed by atoms with Gasteiger partial charge in [0.05, 0.1) is 36.3 Å². The van der Waals surface area contributed by atoms with Crippen LogP contribution in [0.25, 0.3) is 5.69 Å². The van der Waals surface area contributed by atoms with Gasteiger partial charge in [0.25, 0.3) is 0 Å². The molecule has 0 radical (unpaired) electrons. The number of rotatable bonds is 15. The lowest BCUT2D eigenvalue weighted by Crippen LogP contribution is -2.37. The van der Waals surface area contributed by atoms with Gasteiger partial charge >= 0.3 is 0 Å². The first-order valence-corrected chi connectivity index (χ1v) is 12.4. The zero-order valence-corrected chi connectivity index (χ0v) is 21.4. The highest BCUT2D eigenvalue weighted by Gasteiger charge is 2.23. The largest absolute Gasteiger partial charge is 0.439 e. The summed E-state index contributed by atoms with van der Waals surface area (Å²) >= 11 is 0. The molecule has 0 aliphatic carbocycles. The molecule has 1 unspecified atom stereocenters. The molecule has 1 N–H and O–H groups in total. The summed E-state index contributed by atoms with van der Waals surface area (Å²) in [5.74, 6) is 1.87. The third-order valence-corrected chi connectivity index (χ3v) is 5.54. The van der Waals surface area contributed by atoms with Crippen LogP contribution < -0.4 is 4.74 Å².